The van der Waals surface area contributed by atoms with Crippen LogP contribution in [0.1, 0.15) is 25.0 Å². The van der Waals surface area contributed by atoms with Crippen molar-refractivity contribution < 1.29 is 0 Å². The number of aromatic nitrogens is 2. The van der Waals surface area contributed by atoms with Crippen molar-refractivity contribution in [1.82, 2.24) is 9.97 Å². The van der Waals surface area contributed by atoms with Gasteiger partial charge in [-0.2, -0.15) is 16.7 Å². The highest BCUT2D eigenvalue weighted by molar-refractivity contribution is 7.99. The Morgan fingerprint density at radius 3 is 3.00 bits per heavy atom. The van der Waals surface area contributed by atoms with E-state index >= 15 is 0 Å². The van der Waals surface area contributed by atoms with Crippen molar-refractivity contribution in [2.75, 3.05) is 23.3 Å². The molecule has 6 heteroatoms. The maximum atomic E-state index is 5.91. The van der Waals surface area contributed by atoms with Gasteiger partial charge < -0.3 is 11.1 Å². The van der Waals surface area contributed by atoms with E-state index in [0.29, 0.717) is 16.8 Å². The molecule has 94 valence electrons. The van der Waals surface area contributed by atoms with Gasteiger partial charge in [-0.25, -0.2) is 4.98 Å². The lowest BCUT2D eigenvalue weighted by atomic mass is 10.2. The molecule has 2 heterocycles. The molecular formula is C11H17ClN4S. The van der Waals surface area contributed by atoms with Crippen LogP contribution in [0.25, 0.3) is 0 Å². The van der Waals surface area contributed by atoms with E-state index in [-0.39, 0.29) is 5.28 Å². The summed E-state index contributed by atoms with van der Waals surface area (Å²) in [7, 11) is 0. The first-order chi connectivity index (χ1) is 8.16. The van der Waals surface area contributed by atoms with Crippen molar-refractivity contribution >= 4 is 34.9 Å². The fraction of sp³-hybridized carbons (Fsp3) is 0.636. The van der Waals surface area contributed by atoms with Gasteiger partial charge in [-0.3, -0.25) is 0 Å². The first-order valence-electron chi connectivity index (χ1n) is 5.82. The average molecular weight is 273 g/mol. The zero-order valence-corrected chi connectivity index (χ0v) is 11.4. The molecule has 1 atom stereocenters. The number of hydrogen-bond donors (Lipinski definition) is 2. The molecule has 3 N–H and O–H groups in total. The summed E-state index contributed by atoms with van der Waals surface area (Å²) in [5, 5.41) is 4.18. The van der Waals surface area contributed by atoms with Gasteiger partial charge in [0.1, 0.15) is 0 Å². The van der Waals surface area contributed by atoms with Crippen molar-refractivity contribution in [3.05, 3.63) is 11.0 Å². The number of thioether (sulfide) groups is 1. The number of nitrogens with one attached hydrogen (secondary N) is 1. The van der Waals surface area contributed by atoms with E-state index in [0.717, 1.165) is 12.2 Å². The van der Waals surface area contributed by atoms with Crippen LogP contribution in [0.2, 0.25) is 5.28 Å². The molecule has 1 unspecified atom stereocenters. The van der Waals surface area contributed by atoms with Gasteiger partial charge >= 0.3 is 0 Å². The third kappa shape index (κ3) is 3.39. The van der Waals surface area contributed by atoms with Crippen molar-refractivity contribution in [3.63, 3.8) is 0 Å². The molecule has 1 aromatic heterocycles. The van der Waals surface area contributed by atoms with Crippen LogP contribution in [0.3, 0.4) is 0 Å². The standard InChI is InChI=1S/C11H17ClN4S/c1-7-9(13)10(16-11(12)15-7)14-6-8-4-2-3-5-17-8/h8H,2-6,13H2,1H3,(H,14,15,16). The molecule has 0 amide bonds. The van der Waals surface area contributed by atoms with E-state index in [9.17, 15) is 0 Å². The van der Waals surface area contributed by atoms with Crippen molar-refractivity contribution in [1.29, 1.82) is 0 Å². The monoisotopic (exact) mass is 272 g/mol. The summed E-state index contributed by atoms with van der Waals surface area (Å²) >= 11 is 7.84. The van der Waals surface area contributed by atoms with E-state index in [4.69, 9.17) is 17.3 Å². The predicted octanol–water partition coefficient (Wildman–Crippen LogP) is 2.72. The van der Waals surface area contributed by atoms with Gasteiger partial charge in [-0.1, -0.05) is 6.42 Å². The minimum absolute atomic E-state index is 0.246. The summed E-state index contributed by atoms with van der Waals surface area (Å²) in [5.41, 5.74) is 7.23. The van der Waals surface area contributed by atoms with E-state index in [1.807, 2.05) is 18.7 Å². The molecular weight excluding hydrogens is 256 g/mol. The average Bonchev–Trinajstić information content (AvgIpc) is 2.33. The predicted molar refractivity (Wildman–Crippen MR) is 74.8 cm³/mol. The molecule has 1 saturated heterocycles. The van der Waals surface area contributed by atoms with Crippen LogP contribution in [-0.4, -0.2) is 27.5 Å². The third-order valence-electron chi connectivity index (χ3n) is 2.88. The molecule has 0 aromatic carbocycles. The third-order valence-corrected chi connectivity index (χ3v) is 4.45. The Labute approximate surface area is 111 Å². The normalized spacial score (nSPS) is 20.2. The second-order valence-electron chi connectivity index (χ2n) is 4.21. The van der Waals surface area contributed by atoms with Gasteiger partial charge in [0.2, 0.25) is 5.28 Å². The number of nitrogens with two attached hydrogens (primary N) is 1. The summed E-state index contributed by atoms with van der Waals surface area (Å²) in [6.07, 6.45) is 3.91. The molecule has 1 aromatic rings. The summed E-state index contributed by atoms with van der Waals surface area (Å²) in [4.78, 5) is 8.14. The first kappa shape index (κ1) is 12.8. The maximum absolute atomic E-state index is 5.91. The van der Waals surface area contributed by atoms with Crippen LogP contribution < -0.4 is 11.1 Å². The van der Waals surface area contributed by atoms with Crippen molar-refractivity contribution in [2.45, 2.75) is 31.4 Å². The second-order valence-corrected chi connectivity index (χ2v) is 5.96. The molecule has 0 saturated carbocycles. The SMILES string of the molecule is Cc1nc(Cl)nc(NCC2CCCCS2)c1N. The topological polar surface area (TPSA) is 63.8 Å². The van der Waals surface area contributed by atoms with E-state index in [1.165, 1.54) is 25.0 Å². The summed E-state index contributed by atoms with van der Waals surface area (Å²) < 4.78 is 0. The molecule has 4 nitrogen and oxygen atoms in total. The van der Waals surface area contributed by atoms with Crippen LogP contribution in [0.4, 0.5) is 11.5 Å². The van der Waals surface area contributed by atoms with Gasteiger partial charge in [0.15, 0.2) is 5.82 Å². The van der Waals surface area contributed by atoms with Gasteiger partial charge in [-0.05, 0) is 37.1 Å². The molecule has 0 aliphatic carbocycles. The number of hydrogen-bond acceptors (Lipinski definition) is 5. The lowest BCUT2D eigenvalue weighted by Gasteiger charge is -2.22. The Hall–Kier alpha value is -0.680. The largest absolute Gasteiger partial charge is 0.394 e. The highest BCUT2D eigenvalue weighted by Gasteiger charge is 2.15. The zero-order valence-electron chi connectivity index (χ0n) is 9.87. The van der Waals surface area contributed by atoms with Crippen molar-refractivity contribution in [3.8, 4) is 0 Å². The first-order valence-corrected chi connectivity index (χ1v) is 7.24. The summed E-state index contributed by atoms with van der Waals surface area (Å²) in [5.74, 6) is 1.92. The molecule has 1 aliphatic rings. The van der Waals surface area contributed by atoms with Crippen molar-refractivity contribution in [2.24, 2.45) is 0 Å². The van der Waals surface area contributed by atoms with E-state index in [2.05, 4.69) is 15.3 Å². The molecule has 0 spiro atoms. The number of nitrogen functional groups attached to an aromatic ring is 1. The Bertz CT molecular complexity index is 393. The second kappa shape index (κ2) is 5.78. The summed E-state index contributed by atoms with van der Waals surface area (Å²) in [6, 6.07) is 0. The van der Waals surface area contributed by atoms with Gasteiger partial charge in [0.05, 0.1) is 11.4 Å². The highest BCUT2D eigenvalue weighted by Crippen LogP contribution is 2.26. The Morgan fingerprint density at radius 2 is 2.29 bits per heavy atom. The fourth-order valence-corrected chi connectivity index (χ4v) is 3.31. The van der Waals surface area contributed by atoms with Gasteiger partial charge in [0, 0.05) is 11.8 Å². The van der Waals surface area contributed by atoms with Crippen LogP contribution in [0.15, 0.2) is 0 Å². The lowest BCUT2D eigenvalue weighted by Crippen LogP contribution is -2.21. The lowest BCUT2D eigenvalue weighted by molar-refractivity contribution is 0.677. The maximum Gasteiger partial charge on any atom is 0.224 e. The number of rotatable bonds is 3. The molecule has 0 radical (unpaired) electrons. The van der Waals surface area contributed by atoms with Crippen LogP contribution >= 0.6 is 23.4 Å². The van der Waals surface area contributed by atoms with Crippen LogP contribution in [-0.2, 0) is 0 Å². The smallest absolute Gasteiger partial charge is 0.224 e. The van der Waals surface area contributed by atoms with Gasteiger partial charge in [0.25, 0.3) is 0 Å². The summed E-state index contributed by atoms with van der Waals surface area (Å²) in [6.45, 7) is 2.73. The number of halogens is 1. The highest BCUT2D eigenvalue weighted by atomic mass is 35.5. The molecule has 2 rings (SSSR count). The zero-order chi connectivity index (χ0) is 12.3. The quantitative estimate of drug-likeness (QED) is 0.829. The Kier molecular flexibility index (Phi) is 4.34. The number of aryl methyl sites for hydroxylation is 1. The minimum Gasteiger partial charge on any atom is -0.394 e. The Morgan fingerprint density at radius 1 is 1.47 bits per heavy atom. The fourth-order valence-electron chi connectivity index (χ4n) is 1.86. The molecule has 17 heavy (non-hydrogen) atoms. The molecule has 0 bridgehead atoms. The number of nitrogens with zero attached hydrogens (tertiary/aromatic N) is 2. The minimum atomic E-state index is 0.246. The van der Waals surface area contributed by atoms with E-state index < -0.39 is 0 Å². The number of anilines is 2. The Balaban J connectivity index is 1.98. The van der Waals surface area contributed by atoms with Gasteiger partial charge in [-0.15, -0.1) is 0 Å². The van der Waals surface area contributed by atoms with E-state index in [1.54, 1.807) is 0 Å². The van der Waals surface area contributed by atoms with Crippen LogP contribution in [0, 0.1) is 6.92 Å². The molecule has 1 fully saturated rings. The van der Waals surface area contributed by atoms with Crippen LogP contribution in [0.5, 0.6) is 0 Å². The molecule has 1 aliphatic heterocycles.